The van der Waals surface area contributed by atoms with Crippen molar-refractivity contribution in [3.8, 4) is 0 Å². The molecule has 0 saturated carbocycles. The molecule has 2 fully saturated rings. The largest absolute Gasteiger partial charge is 0.447 e. The van der Waals surface area contributed by atoms with Gasteiger partial charge < -0.3 is 9.64 Å². The van der Waals surface area contributed by atoms with Gasteiger partial charge in [0.2, 0.25) is 5.91 Å². The van der Waals surface area contributed by atoms with Crippen LogP contribution in [0.3, 0.4) is 0 Å². The molecule has 2 amide bonds. The van der Waals surface area contributed by atoms with E-state index in [-0.39, 0.29) is 24.0 Å². The zero-order valence-electron chi connectivity index (χ0n) is 12.9. The van der Waals surface area contributed by atoms with Gasteiger partial charge >= 0.3 is 6.09 Å². The maximum absolute atomic E-state index is 11.8. The van der Waals surface area contributed by atoms with Crippen molar-refractivity contribution in [3.63, 3.8) is 0 Å². The maximum atomic E-state index is 11.8. The molecular weight excluding hydrogens is 284 g/mol. The molecule has 7 heteroatoms. The predicted octanol–water partition coefficient (Wildman–Crippen LogP) is 1.55. The van der Waals surface area contributed by atoms with E-state index in [9.17, 15) is 9.59 Å². The summed E-state index contributed by atoms with van der Waals surface area (Å²) >= 11 is 0. The molecule has 2 aliphatic heterocycles. The maximum Gasteiger partial charge on any atom is 0.415 e. The Labute approximate surface area is 129 Å². The van der Waals surface area contributed by atoms with Crippen molar-refractivity contribution in [3.05, 3.63) is 18.1 Å². The Morgan fingerprint density at radius 1 is 1.32 bits per heavy atom. The topological polar surface area (TPSA) is 75.6 Å². The van der Waals surface area contributed by atoms with Gasteiger partial charge in [0.1, 0.15) is 6.61 Å². The number of rotatable bonds is 2. The molecule has 7 nitrogen and oxygen atoms in total. The van der Waals surface area contributed by atoms with Crippen molar-refractivity contribution in [2.45, 2.75) is 38.6 Å². The number of likely N-dealkylation sites (tertiary alicyclic amines) is 1. The number of carbonyl (C=O) groups is 2. The van der Waals surface area contributed by atoms with Crippen LogP contribution in [-0.2, 0) is 9.53 Å². The minimum absolute atomic E-state index is 0.0309. The van der Waals surface area contributed by atoms with Crippen LogP contribution in [0.1, 0.15) is 38.3 Å². The Kier molecular flexibility index (Phi) is 3.96. The third-order valence-corrected chi connectivity index (χ3v) is 4.33. The lowest BCUT2D eigenvalue weighted by Crippen LogP contribution is -2.36. The molecule has 0 bridgehead atoms. The van der Waals surface area contributed by atoms with Crippen molar-refractivity contribution in [1.29, 1.82) is 0 Å². The summed E-state index contributed by atoms with van der Waals surface area (Å²) in [6.07, 6.45) is 4.72. The number of aromatic nitrogens is 2. The Balaban J connectivity index is 1.75. The zero-order chi connectivity index (χ0) is 15.7. The second-order valence-corrected chi connectivity index (χ2v) is 5.88. The van der Waals surface area contributed by atoms with E-state index in [2.05, 4.69) is 9.97 Å². The van der Waals surface area contributed by atoms with Crippen molar-refractivity contribution in [2.75, 3.05) is 24.6 Å². The molecule has 0 aromatic carbocycles. The number of cyclic esters (lactones) is 1. The van der Waals surface area contributed by atoms with E-state index in [4.69, 9.17) is 4.74 Å². The van der Waals surface area contributed by atoms with Gasteiger partial charge in [0.15, 0.2) is 5.82 Å². The molecule has 0 unspecified atom stereocenters. The summed E-state index contributed by atoms with van der Waals surface area (Å²) in [6, 6.07) is -0.0309. The highest BCUT2D eigenvalue weighted by Crippen LogP contribution is 2.28. The molecule has 0 spiro atoms. The molecule has 0 N–H and O–H groups in total. The lowest BCUT2D eigenvalue weighted by molar-refractivity contribution is -0.129. The third-order valence-electron chi connectivity index (χ3n) is 4.33. The first-order valence-corrected chi connectivity index (χ1v) is 7.59. The van der Waals surface area contributed by atoms with E-state index in [0.29, 0.717) is 12.4 Å². The SMILES string of the molecule is CC(=O)N1CCC(c2cncc(N3C(=O)OC[C@H]3C)n2)CC1. The van der Waals surface area contributed by atoms with Crippen molar-refractivity contribution < 1.29 is 14.3 Å². The van der Waals surface area contributed by atoms with Gasteiger partial charge in [-0.05, 0) is 19.8 Å². The van der Waals surface area contributed by atoms with Gasteiger partial charge in [-0.25, -0.2) is 9.78 Å². The number of anilines is 1. The summed E-state index contributed by atoms with van der Waals surface area (Å²) in [5.74, 6) is 0.936. The highest BCUT2D eigenvalue weighted by Gasteiger charge is 2.33. The fraction of sp³-hybridized carbons (Fsp3) is 0.600. The number of hydrogen-bond acceptors (Lipinski definition) is 5. The van der Waals surface area contributed by atoms with Crippen LogP contribution in [-0.4, -0.2) is 52.6 Å². The summed E-state index contributed by atoms with van der Waals surface area (Å²) in [5.41, 5.74) is 0.882. The average molecular weight is 304 g/mol. The number of piperidine rings is 1. The molecule has 1 aromatic rings. The molecule has 22 heavy (non-hydrogen) atoms. The standard InChI is InChI=1S/C15H20N4O3/c1-10-9-22-15(21)19(10)14-8-16-7-13(17-14)12-3-5-18(6-4-12)11(2)20/h7-8,10,12H,3-6,9H2,1-2H3/t10-/m1/s1. The van der Waals surface area contributed by atoms with Gasteiger partial charge in [-0.1, -0.05) is 0 Å². The molecular formula is C15H20N4O3. The highest BCUT2D eigenvalue weighted by atomic mass is 16.6. The van der Waals surface area contributed by atoms with E-state index < -0.39 is 0 Å². The van der Waals surface area contributed by atoms with Crippen molar-refractivity contribution in [1.82, 2.24) is 14.9 Å². The van der Waals surface area contributed by atoms with E-state index in [0.717, 1.165) is 31.6 Å². The average Bonchev–Trinajstić information content (AvgIpc) is 2.86. The van der Waals surface area contributed by atoms with Crippen LogP contribution < -0.4 is 4.90 Å². The molecule has 3 heterocycles. The first-order valence-electron chi connectivity index (χ1n) is 7.59. The molecule has 1 aromatic heterocycles. The lowest BCUT2D eigenvalue weighted by atomic mass is 9.94. The molecule has 3 rings (SSSR count). The second-order valence-electron chi connectivity index (χ2n) is 5.88. The van der Waals surface area contributed by atoms with Gasteiger partial charge in [-0.2, -0.15) is 0 Å². The first-order chi connectivity index (χ1) is 10.6. The normalized spacial score (nSPS) is 22.8. The van der Waals surface area contributed by atoms with Gasteiger partial charge in [0, 0.05) is 32.1 Å². The third kappa shape index (κ3) is 2.75. The molecule has 2 aliphatic rings. The van der Waals surface area contributed by atoms with Crippen molar-refractivity contribution in [2.24, 2.45) is 0 Å². The highest BCUT2D eigenvalue weighted by molar-refractivity contribution is 5.88. The minimum atomic E-state index is -0.370. The molecule has 0 aliphatic carbocycles. The van der Waals surface area contributed by atoms with Crippen LogP contribution >= 0.6 is 0 Å². The van der Waals surface area contributed by atoms with Crippen LogP contribution in [0.4, 0.5) is 10.6 Å². The van der Waals surface area contributed by atoms with Gasteiger partial charge in [-0.15, -0.1) is 0 Å². The molecule has 1 atom stereocenters. The minimum Gasteiger partial charge on any atom is -0.447 e. The van der Waals surface area contributed by atoms with Crippen molar-refractivity contribution >= 4 is 17.8 Å². The van der Waals surface area contributed by atoms with E-state index in [1.807, 2.05) is 11.8 Å². The molecule has 0 radical (unpaired) electrons. The van der Waals surface area contributed by atoms with E-state index in [1.165, 1.54) is 0 Å². The number of ether oxygens (including phenoxy) is 1. The number of nitrogens with zero attached hydrogens (tertiary/aromatic N) is 4. The quantitative estimate of drug-likeness (QED) is 0.828. The van der Waals surface area contributed by atoms with Gasteiger partial charge in [0.05, 0.1) is 17.9 Å². The lowest BCUT2D eigenvalue weighted by Gasteiger charge is -2.31. The predicted molar refractivity (Wildman–Crippen MR) is 79.6 cm³/mol. The van der Waals surface area contributed by atoms with Crippen LogP contribution in [0, 0.1) is 0 Å². The fourth-order valence-electron chi connectivity index (χ4n) is 3.01. The van der Waals surface area contributed by atoms with E-state index >= 15 is 0 Å². The first kappa shape index (κ1) is 14.7. The van der Waals surface area contributed by atoms with Gasteiger partial charge in [-0.3, -0.25) is 14.7 Å². The van der Waals surface area contributed by atoms with Crippen LogP contribution in [0.2, 0.25) is 0 Å². The Hall–Kier alpha value is -2.18. The van der Waals surface area contributed by atoms with Crippen LogP contribution in [0.25, 0.3) is 0 Å². The number of carbonyl (C=O) groups excluding carboxylic acids is 2. The number of hydrogen-bond donors (Lipinski definition) is 0. The summed E-state index contributed by atoms with van der Waals surface area (Å²) in [4.78, 5) is 35.4. The summed E-state index contributed by atoms with van der Waals surface area (Å²) in [6.45, 7) is 5.38. The fourth-order valence-corrected chi connectivity index (χ4v) is 3.01. The summed E-state index contributed by atoms with van der Waals surface area (Å²) in [5, 5.41) is 0. The second kappa shape index (κ2) is 5.90. The Morgan fingerprint density at radius 2 is 2.05 bits per heavy atom. The van der Waals surface area contributed by atoms with Gasteiger partial charge in [0.25, 0.3) is 0 Å². The van der Waals surface area contributed by atoms with Crippen LogP contribution in [0.15, 0.2) is 12.4 Å². The van der Waals surface area contributed by atoms with Crippen LogP contribution in [0.5, 0.6) is 0 Å². The smallest absolute Gasteiger partial charge is 0.415 e. The Morgan fingerprint density at radius 3 is 2.64 bits per heavy atom. The monoisotopic (exact) mass is 304 g/mol. The zero-order valence-corrected chi connectivity index (χ0v) is 12.9. The molecule has 2 saturated heterocycles. The number of amides is 2. The summed E-state index contributed by atoms with van der Waals surface area (Å²) < 4.78 is 5.03. The van der Waals surface area contributed by atoms with E-state index in [1.54, 1.807) is 24.2 Å². The Bertz CT molecular complexity index is 584. The molecule has 118 valence electrons. The summed E-state index contributed by atoms with van der Waals surface area (Å²) in [7, 11) is 0.